The van der Waals surface area contributed by atoms with Crippen LogP contribution in [0.3, 0.4) is 0 Å². The predicted octanol–water partition coefficient (Wildman–Crippen LogP) is 1.17. The Labute approximate surface area is 108 Å². The van der Waals surface area contributed by atoms with Crippen LogP contribution in [0.15, 0.2) is 6.20 Å². The van der Waals surface area contributed by atoms with E-state index in [1.165, 1.54) is 11.1 Å². The first kappa shape index (κ1) is 12.4. The lowest BCUT2D eigenvalue weighted by Crippen LogP contribution is -2.30. The first-order valence-electron chi connectivity index (χ1n) is 5.27. The average Bonchev–Trinajstić information content (AvgIpc) is 2.78. The molecule has 8 heteroatoms. The zero-order valence-corrected chi connectivity index (χ0v) is 10.1. The molecule has 94 valence electrons. The molecule has 2 heterocycles. The molecule has 0 aliphatic carbocycles. The van der Waals surface area contributed by atoms with Crippen LogP contribution in [0.1, 0.15) is 12.1 Å². The Morgan fingerprint density at radius 2 is 2.50 bits per heavy atom. The number of hydrogen-bond donors (Lipinski definition) is 2. The van der Waals surface area contributed by atoms with Crippen molar-refractivity contribution in [1.82, 2.24) is 14.9 Å². The molecule has 0 spiro atoms. The second-order valence-corrected chi connectivity index (χ2v) is 4.22. The van der Waals surface area contributed by atoms with E-state index in [1.54, 1.807) is 0 Å². The molecular weight excluding hydrogens is 258 g/mol. The Balaban J connectivity index is 2.01. The van der Waals surface area contributed by atoms with Gasteiger partial charge in [-0.1, -0.05) is 11.6 Å². The van der Waals surface area contributed by atoms with Gasteiger partial charge in [-0.2, -0.15) is 5.26 Å². The summed E-state index contributed by atoms with van der Waals surface area (Å²) in [6.45, 7) is 0.888. The first-order chi connectivity index (χ1) is 8.60. The Hall–Kier alpha value is -2.07. The number of amides is 1. The highest BCUT2D eigenvalue weighted by Gasteiger charge is 2.26. The highest BCUT2D eigenvalue weighted by atomic mass is 35.5. The van der Waals surface area contributed by atoms with E-state index >= 15 is 0 Å². The predicted molar refractivity (Wildman–Crippen MR) is 63.4 cm³/mol. The second-order valence-electron chi connectivity index (χ2n) is 3.86. The number of rotatable bonds is 2. The number of halogens is 1. The standard InChI is InChI=1S/C10H10ClN5O2/c11-9-7(3-12)13-4-8(15-9)14-6-1-2-16(5-6)10(17)18/h4,6H,1-2,5H2,(H,14,15)(H,17,18)/t6-/m1/s1. The normalized spacial score (nSPS) is 18.4. The third kappa shape index (κ3) is 2.60. The Morgan fingerprint density at radius 1 is 1.72 bits per heavy atom. The van der Waals surface area contributed by atoms with Crippen LogP contribution in [0, 0.1) is 11.3 Å². The molecule has 1 aliphatic rings. The second kappa shape index (κ2) is 5.06. The van der Waals surface area contributed by atoms with Crippen LogP contribution in [0.2, 0.25) is 5.15 Å². The molecule has 0 saturated carbocycles. The molecule has 1 aliphatic heterocycles. The van der Waals surface area contributed by atoms with E-state index in [2.05, 4.69) is 15.3 Å². The van der Waals surface area contributed by atoms with Crippen LogP contribution in [0.4, 0.5) is 10.6 Å². The molecule has 0 bridgehead atoms. The maximum absolute atomic E-state index is 10.8. The lowest BCUT2D eigenvalue weighted by Gasteiger charge is -2.14. The molecule has 7 nitrogen and oxygen atoms in total. The highest BCUT2D eigenvalue weighted by molar-refractivity contribution is 6.30. The number of aromatic nitrogens is 2. The minimum atomic E-state index is -0.928. The van der Waals surface area contributed by atoms with E-state index in [4.69, 9.17) is 22.0 Å². The molecule has 18 heavy (non-hydrogen) atoms. The summed E-state index contributed by atoms with van der Waals surface area (Å²) in [5.41, 5.74) is 0.0702. The average molecular weight is 268 g/mol. The number of carbonyl (C=O) groups is 1. The summed E-state index contributed by atoms with van der Waals surface area (Å²) in [4.78, 5) is 19.9. The minimum absolute atomic E-state index is 0.0144. The van der Waals surface area contributed by atoms with Gasteiger partial charge in [0.25, 0.3) is 0 Å². The maximum atomic E-state index is 10.8. The van der Waals surface area contributed by atoms with Gasteiger partial charge in [0, 0.05) is 19.1 Å². The van der Waals surface area contributed by atoms with Gasteiger partial charge >= 0.3 is 6.09 Å². The lowest BCUT2D eigenvalue weighted by molar-refractivity contribution is 0.155. The maximum Gasteiger partial charge on any atom is 0.407 e. The fourth-order valence-electron chi connectivity index (χ4n) is 1.77. The Kier molecular flexibility index (Phi) is 3.48. The smallest absolute Gasteiger partial charge is 0.407 e. The molecule has 2 rings (SSSR count). The van der Waals surface area contributed by atoms with Crippen LogP contribution < -0.4 is 5.32 Å². The van der Waals surface area contributed by atoms with Gasteiger partial charge in [0.05, 0.1) is 6.20 Å². The van der Waals surface area contributed by atoms with Gasteiger partial charge in [-0.3, -0.25) is 0 Å². The molecule has 1 aromatic rings. The summed E-state index contributed by atoms with van der Waals surface area (Å²) in [6, 6.07) is 1.80. The van der Waals surface area contributed by atoms with Crippen LogP contribution >= 0.6 is 11.6 Å². The van der Waals surface area contributed by atoms with E-state index in [9.17, 15) is 4.79 Å². The largest absolute Gasteiger partial charge is 0.465 e. The molecular formula is C10H10ClN5O2. The van der Waals surface area contributed by atoms with Gasteiger partial charge in [0.1, 0.15) is 11.9 Å². The van der Waals surface area contributed by atoms with Crippen molar-refractivity contribution >= 4 is 23.5 Å². The zero-order chi connectivity index (χ0) is 13.1. The number of carboxylic acid groups (broad SMARTS) is 1. The highest BCUT2D eigenvalue weighted by Crippen LogP contribution is 2.17. The molecule has 2 N–H and O–H groups in total. The molecule has 0 radical (unpaired) electrons. The third-order valence-electron chi connectivity index (χ3n) is 2.65. The van der Waals surface area contributed by atoms with Crippen LogP contribution in [0.5, 0.6) is 0 Å². The van der Waals surface area contributed by atoms with Gasteiger partial charge in [0.2, 0.25) is 0 Å². The number of nitrogens with zero attached hydrogens (tertiary/aromatic N) is 4. The summed E-state index contributed by atoms with van der Waals surface area (Å²) < 4.78 is 0. The molecule has 0 aromatic carbocycles. The zero-order valence-electron chi connectivity index (χ0n) is 9.30. The van der Waals surface area contributed by atoms with E-state index in [0.29, 0.717) is 25.3 Å². The fourth-order valence-corrected chi connectivity index (χ4v) is 1.95. The van der Waals surface area contributed by atoms with E-state index in [-0.39, 0.29) is 16.9 Å². The summed E-state index contributed by atoms with van der Waals surface area (Å²) in [5, 5.41) is 20.6. The molecule has 1 aromatic heterocycles. The third-order valence-corrected chi connectivity index (χ3v) is 2.91. The van der Waals surface area contributed by atoms with Gasteiger partial charge < -0.3 is 15.3 Å². The summed E-state index contributed by atoms with van der Waals surface area (Å²) in [5.74, 6) is 0.441. The summed E-state index contributed by atoms with van der Waals surface area (Å²) in [7, 11) is 0. The summed E-state index contributed by atoms with van der Waals surface area (Å²) in [6.07, 6.45) is 1.18. The fraction of sp³-hybridized carbons (Fsp3) is 0.400. The molecule has 1 fully saturated rings. The SMILES string of the molecule is N#Cc1ncc(N[C@@H]2CCN(C(=O)O)C2)nc1Cl. The number of hydrogen-bond acceptors (Lipinski definition) is 5. The first-order valence-corrected chi connectivity index (χ1v) is 5.65. The molecule has 1 saturated heterocycles. The quantitative estimate of drug-likeness (QED) is 0.834. The number of likely N-dealkylation sites (tertiary alicyclic amines) is 1. The molecule has 0 unspecified atom stereocenters. The van der Waals surface area contributed by atoms with Crippen molar-refractivity contribution in [3.05, 3.63) is 17.0 Å². The molecule has 1 atom stereocenters. The van der Waals surface area contributed by atoms with Crippen molar-refractivity contribution in [2.75, 3.05) is 18.4 Å². The molecule has 1 amide bonds. The minimum Gasteiger partial charge on any atom is -0.465 e. The van der Waals surface area contributed by atoms with Crippen molar-refractivity contribution in [3.8, 4) is 6.07 Å². The van der Waals surface area contributed by atoms with Gasteiger partial charge in [0.15, 0.2) is 10.8 Å². The Bertz CT molecular complexity index is 515. The topological polar surface area (TPSA) is 102 Å². The van der Waals surface area contributed by atoms with Crippen molar-refractivity contribution < 1.29 is 9.90 Å². The number of anilines is 1. The number of nitriles is 1. The van der Waals surface area contributed by atoms with Gasteiger partial charge in [-0.15, -0.1) is 0 Å². The van der Waals surface area contributed by atoms with Gasteiger partial charge in [-0.25, -0.2) is 14.8 Å². The lowest BCUT2D eigenvalue weighted by atomic mass is 10.2. The van der Waals surface area contributed by atoms with Crippen LogP contribution in [-0.4, -0.2) is 45.2 Å². The van der Waals surface area contributed by atoms with Crippen molar-refractivity contribution in [1.29, 1.82) is 5.26 Å². The number of nitrogens with one attached hydrogen (secondary N) is 1. The van der Waals surface area contributed by atoms with Crippen LogP contribution in [0.25, 0.3) is 0 Å². The van der Waals surface area contributed by atoms with Crippen molar-refractivity contribution in [2.45, 2.75) is 12.5 Å². The van der Waals surface area contributed by atoms with Gasteiger partial charge in [-0.05, 0) is 6.42 Å². The van der Waals surface area contributed by atoms with E-state index < -0.39 is 6.09 Å². The van der Waals surface area contributed by atoms with Crippen LogP contribution in [-0.2, 0) is 0 Å². The Morgan fingerprint density at radius 3 is 3.06 bits per heavy atom. The summed E-state index contributed by atoms with van der Waals surface area (Å²) >= 11 is 5.75. The van der Waals surface area contributed by atoms with Crippen molar-refractivity contribution in [2.24, 2.45) is 0 Å². The van der Waals surface area contributed by atoms with Crippen molar-refractivity contribution in [3.63, 3.8) is 0 Å². The van der Waals surface area contributed by atoms with E-state index in [1.807, 2.05) is 6.07 Å². The monoisotopic (exact) mass is 267 g/mol. The van der Waals surface area contributed by atoms with E-state index in [0.717, 1.165) is 0 Å².